The second-order valence-corrected chi connectivity index (χ2v) is 5.04. The Morgan fingerprint density at radius 1 is 1.37 bits per heavy atom. The highest BCUT2D eigenvalue weighted by Gasteiger charge is 2.06. The van der Waals surface area contributed by atoms with Crippen LogP contribution in [0.2, 0.25) is 0 Å². The second-order valence-electron chi connectivity index (χ2n) is 5.04. The van der Waals surface area contributed by atoms with Gasteiger partial charge in [-0.1, -0.05) is 17.2 Å². The molecule has 0 saturated heterocycles. The number of amides is 1. The standard InChI is InChI=1S/C15H23NO3/c1-12(2)10-15(18)19-11-14(17)16-9-8-13-6-4-3-5-7-13/h6,10H,3-5,7-9,11H2,1-2H3,(H,16,17). The molecule has 4 nitrogen and oxygen atoms in total. The van der Waals surface area contributed by atoms with Crippen LogP contribution in [0.5, 0.6) is 0 Å². The summed E-state index contributed by atoms with van der Waals surface area (Å²) in [6.45, 7) is 4.02. The van der Waals surface area contributed by atoms with E-state index in [1.165, 1.54) is 24.5 Å². The highest BCUT2D eigenvalue weighted by atomic mass is 16.5. The van der Waals surface area contributed by atoms with Gasteiger partial charge in [0.1, 0.15) is 0 Å². The van der Waals surface area contributed by atoms with Gasteiger partial charge in [0.2, 0.25) is 0 Å². The minimum atomic E-state index is -0.467. The lowest BCUT2D eigenvalue weighted by Crippen LogP contribution is -2.29. The summed E-state index contributed by atoms with van der Waals surface area (Å²) in [5, 5.41) is 2.76. The van der Waals surface area contributed by atoms with Gasteiger partial charge in [0.15, 0.2) is 6.61 Å². The number of allylic oxidation sites excluding steroid dienone is 2. The molecule has 0 aliphatic heterocycles. The Morgan fingerprint density at radius 2 is 2.16 bits per heavy atom. The van der Waals surface area contributed by atoms with Crippen molar-refractivity contribution in [3.63, 3.8) is 0 Å². The molecule has 0 aromatic carbocycles. The molecule has 4 heteroatoms. The first kappa shape index (κ1) is 15.5. The Kier molecular flexibility index (Phi) is 6.93. The molecule has 0 fully saturated rings. The van der Waals surface area contributed by atoms with Crippen molar-refractivity contribution in [2.45, 2.75) is 46.0 Å². The van der Waals surface area contributed by atoms with Crippen LogP contribution < -0.4 is 5.32 Å². The molecule has 1 aliphatic carbocycles. The van der Waals surface area contributed by atoms with Crippen molar-refractivity contribution >= 4 is 11.9 Å². The van der Waals surface area contributed by atoms with Crippen LogP contribution in [0.4, 0.5) is 0 Å². The molecule has 1 aliphatic rings. The summed E-state index contributed by atoms with van der Waals surface area (Å²) in [5.41, 5.74) is 2.28. The first-order valence-corrected chi connectivity index (χ1v) is 6.84. The fourth-order valence-corrected chi connectivity index (χ4v) is 1.96. The molecule has 1 rings (SSSR count). The molecule has 1 amide bonds. The van der Waals surface area contributed by atoms with Crippen LogP contribution in [0.1, 0.15) is 46.0 Å². The van der Waals surface area contributed by atoms with E-state index in [4.69, 9.17) is 4.74 Å². The summed E-state index contributed by atoms with van der Waals surface area (Å²) in [7, 11) is 0. The van der Waals surface area contributed by atoms with E-state index in [9.17, 15) is 9.59 Å². The van der Waals surface area contributed by atoms with Crippen molar-refractivity contribution in [2.24, 2.45) is 0 Å². The topological polar surface area (TPSA) is 55.4 Å². The minimum absolute atomic E-state index is 0.207. The number of hydrogen-bond acceptors (Lipinski definition) is 3. The minimum Gasteiger partial charge on any atom is -0.452 e. The Labute approximate surface area is 114 Å². The van der Waals surface area contributed by atoms with Gasteiger partial charge in [0, 0.05) is 12.6 Å². The van der Waals surface area contributed by atoms with Crippen molar-refractivity contribution in [3.05, 3.63) is 23.3 Å². The molecule has 0 spiro atoms. The molecule has 0 atom stereocenters. The van der Waals surface area contributed by atoms with Crippen LogP contribution in [-0.2, 0) is 14.3 Å². The van der Waals surface area contributed by atoms with Gasteiger partial charge in [-0.25, -0.2) is 4.79 Å². The van der Waals surface area contributed by atoms with E-state index in [2.05, 4.69) is 11.4 Å². The van der Waals surface area contributed by atoms with E-state index in [0.717, 1.165) is 24.8 Å². The molecular formula is C15H23NO3. The van der Waals surface area contributed by atoms with Crippen molar-refractivity contribution in [2.75, 3.05) is 13.2 Å². The molecule has 0 saturated carbocycles. The smallest absolute Gasteiger partial charge is 0.331 e. The van der Waals surface area contributed by atoms with E-state index >= 15 is 0 Å². The van der Waals surface area contributed by atoms with Crippen LogP contribution in [-0.4, -0.2) is 25.0 Å². The molecule has 106 valence electrons. The first-order valence-electron chi connectivity index (χ1n) is 6.84. The van der Waals surface area contributed by atoms with Crippen molar-refractivity contribution < 1.29 is 14.3 Å². The predicted molar refractivity (Wildman–Crippen MR) is 74.6 cm³/mol. The molecule has 0 heterocycles. The number of carbonyl (C=O) groups excluding carboxylic acids is 2. The quantitative estimate of drug-likeness (QED) is 0.456. The Morgan fingerprint density at radius 3 is 2.79 bits per heavy atom. The maximum absolute atomic E-state index is 11.4. The monoisotopic (exact) mass is 265 g/mol. The van der Waals surface area contributed by atoms with Gasteiger partial charge in [-0.2, -0.15) is 0 Å². The third-order valence-corrected chi connectivity index (χ3v) is 2.91. The van der Waals surface area contributed by atoms with E-state index < -0.39 is 5.97 Å². The highest BCUT2D eigenvalue weighted by Crippen LogP contribution is 2.19. The highest BCUT2D eigenvalue weighted by molar-refractivity contribution is 5.86. The van der Waals surface area contributed by atoms with Gasteiger partial charge >= 0.3 is 5.97 Å². The number of esters is 1. The molecule has 0 aromatic heterocycles. The van der Waals surface area contributed by atoms with Crippen molar-refractivity contribution in [1.82, 2.24) is 5.32 Å². The van der Waals surface area contributed by atoms with Gasteiger partial charge in [-0.3, -0.25) is 4.79 Å². The number of ether oxygens (including phenoxy) is 1. The molecule has 0 bridgehead atoms. The second kappa shape index (κ2) is 8.51. The Hall–Kier alpha value is -1.58. The van der Waals surface area contributed by atoms with Gasteiger partial charge in [0.05, 0.1) is 0 Å². The fraction of sp³-hybridized carbons (Fsp3) is 0.600. The number of carbonyl (C=O) groups is 2. The first-order chi connectivity index (χ1) is 9.08. The maximum Gasteiger partial charge on any atom is 0.331 e. The van der Waals surface area contributed by atoms with E-state index in [1.807, 2.05) is 0 Å². The number of rotatable bonds is 6. The SMILES string of the molecule is CC(C)=CC(=O)OCC(=O)NCCC1=CCCCC1. The maximum atomic E-state index is 11.4. The Bertz CT molecular complexity index is 379. The van der Waals surface area contributed by atoms with Gasteiger partial charge < -0.3 is 10.1 Å². The summed E-state index contributed by atoms with van der Waals surface area (Å²) in [6, 6.07) is 0. The van der Waals surface area contributed by atoms with Crippen LogP contribution in [0.3, 0.4) is 0 Å². The van der Waals surface area contributed by atoms with Crippen molar-refractivity contribution in [1.29, 1.82) is 0 Å². The van der Waals surface area contributed by atoms with E-state index in [0.29, 0.717) is 6.54 Å². The largest absolute Gasteiger partial charge is 0.452 e. The average Bonchev–Trinajstić information content (AvgIpc) is 2.37. The zero-order valence-corrected chi connectivity index (χ0v) is 11.8. The van der Waals surface area contributed by atoms with Crippen LogP contribution in [0, 0.1) is 0 Å². The van der Waals surface area contributed by atoms with Crippen LogP contribution in [0.25, 0.3) is 0 Å². The predicted octanol–water partition coefficient (Wildman–Crippen LogP) is 2.50. The summed E-state index contributed by atoms with van der Waals surface area (Å²) in [5.74, 6) is -0.711. The third-order valence-electron chi connectivity index (χ3n) is 2.91. The van der Waals surface area contributed by atoms with Gasteiger partial charge in [0.25, 0.3) is 5.91 Å². The van der Waals surface area contributed by atoms with Gasteiger partial charge in [-0.15, -0.1) is 0 Å². The van der Waals surface area contributed by atoms with Gasteiger partial charge in [-0.05, 0) is 46.0 Å². The molecular weight excluding hydrogens is 242 g/mol. The zero-order chi connectivity index (χ0) is 14.1. The lowest BCUT2D eigenvalue weighted by Gasteiger charge is -2.12. The lowest BCUT2D eigenvalue weighted by atomic mass is 9.97. The van der Waals surface area contributed by atoms with Crippen LogP contribution in [0.15, 0.2) is 23.3 Å². The van der Waals surface area contributed by atoms with E-state index in [-0.39, 0.29) is 12.5 Å². The fourth-order valence-electron chi connectivity index (χ4n) is 1.96. The average molecular weight is 265 g/mol. The number of nitrogens with one attached hydrogen (secondary N) is 1. The number of hydrogen-bond donors (Lipinski definition) is 1. The van der Waals surface area contributed by atoms with Crippen LogP contribution >= 0.6 is 0 Å². The lowest BCUT2D eigenvalue weighted by molar-refractivity contribution is -0.143. The normalized spacial score (nSPS) is 14.3. The summed E-state index contributed by atoms with van der Waals surface area (Å²) >= 11 is 0. The summed E-state index contributed by atoms with van der Waals surface area (Å²) in [6.07, 6.45) is 9.36. The summed E-state index contributed by atoms with van der Waals surface area (Å²) < 4.78 is 4.82. The molecule has 1 N–H and O–H groups in total. The van der Waals surface area contributed by atoms with Crippen molar-refractivity contribution in [3.8, 4) is 0 Å². The molecule has 19 heavy (non-hydrogen) atoms. The molecule has 0 unspecified atom stereocenters. The third kappa shape index (κ3) is 7.44. The molecule has 0 aromatic rings. The zero-order valence-electron chi connectivity index (χ0n) is 11.8. The Balaban J connectivity index is 2.12. The van der Waals surface area contributed by atoms with E-state index in [1.54, 1.807) is 13.8 Å². The molecule has 0 radical (unpaired) electrons. The summed E-state index contributed by atoms with van der Waals surface area (Å²) in [4.78, 5) is 22.6.